The summed E-state index contributed by atoms with van der Waals surface area (Å²) in [4.78, 5) is 42.2. The summed E-state index contributed by atoms with van der Waals surface area (Å²) in [6.45, 7) is 10.2. The minimum Gasteiger partial charge on any atom is -0.494 e. The second-order valence-corrected chi connectivity index (χ2v) is 10.3. The molecule has 10 heteroatoms. The van der Waals surface area contributed by atoms with E-state index in [1.165, 1.54) is 6.07 Å². The van der Waals surface area contributed by atoms with Gasteiger partial charge in [0.05, 0.1) is 29.1 Å². The average molecular weight is 570 g/mol. The van der Waals surface area contributed by atoms with Crippen molar-refractivity contribution in [3.63, 3.8) is 0 Å². The number of carbonyl (C=O) groups excluding carboxylic acids is 1. The number of aromatic amines is 1. The lowest BCUT2D eigenvalue weighted by atomic mass is 9.98. The summed E-state index contributed by atoms with van der Waals surface area (Å²) in [6.07, 6.45) is 0. The number of amides is 1. The van der Waals surface area contributed by atoms with E-state index in [0.29, 0.717) is 45.6 Å². The Hall–Kier alpha value is -4.51. The Balaban J connectivity index is 1.33. The average Bonchev–Trinajstić information content (AvgIpc) is 3.32. The predicted molar refractivity (Wildman–Crippen MR) is 162 cm³/mol. The predicted octanol–water partition coefficient (Wildman–Crippen LogP) is 4.35. The molecule has 4 N–H and O–H groups in total. The Morgan fingerprint density at radius 1 is 0.976 bits per heavy atom. The Bertz CT molecular complexity index is 1590. The highest BCUT2D eigenvalue weighted by Crippen LogP contribution is 2.33. The van der Waals surface area contributed by atoms with Crippen molar-refractivity contribution in [2.45, 2.75) is 13.8 Å². The topological polar surface area (TPSA) is 130 Å². The van der Waals surface area contributed by atoms with E-state index in [-0.39, 0.29) is 17.4 Å². The Labute approximate surface area is 244 Å². The minimum absolute atomic E-state index is 0.116. The highest BCUT2D eigenvalue weighted by Gasteiger charge is 2.21. The van der Waals surface area contributed by atoms with Gasteiger partial charge in [0.2, 0.25) is 0 Å². The number of nitrogens with one attached hydrogen (secondary N) is 2. The van der Waals surface area contributed by atoms with Gasteiger partial charge in [0.1, 0.15) is 0 Å². The fourth-order valence-corrected chi connectivity index (χ4v) is 5.16. The summed E-state index contributed by atoms with van der Waals surface area (Å²) < 4.78 is 0. The van der Waals surface area contributed by atoms with E-state index in [1.807, 2.05) is 30.3 Å². The van der Waals surface area contributed by atoms with Crippen molar-refractivity contribution in [2.75, 3.05) is 45.9 Å². The molecule has 0 bridgehead atoms. The first-order chi connectivity index (χ1) is 20.3. The van der Waals surface area contributed by atoms with Crippen LogP contribution in [0.4, 0.5) is 5.69 Å². The van der Waals surface area contributed by atoms with Gasteiger partial charge in [-0.1, -0.05) is 37.3 Å². The molecule has 0 aliphatic carbocycles. The van der Waals surface area contributed by atoms with Crippen LogP contribution >= 0.6 is 0 Å². The van der Waals surface area contributed by atoms with E-state index in [2.05, 4.69) is 27.2 Å². The quantitative estimate of drug-likeness (QED) is 0.127. The number of likely N-dealkylation sites (N-methyl/N-ethyl adjacent to an activating group) is 1. The number of aromatic carboxylic acids is 1. The van der Waals surface area contributed by atoms with Crippen molar-refractivity contribution in [2.24, 2.45) is 4.99 Å². The Morgan fingerprint density at radius 3 is 2.33 bits per heavy atom. The number of aliphatic imine (C=N–C) groups is 1. The summed E-state index contributed by atoms with van der Waals surface area (Å²) in [5, 5.41) is 21.1. The molecule has 4 aromatic rings. The van der Waals surface area contributed by atoms with Crippen molar-refractivity contribution < 1.29 is 24.6 Å². The van der Waals surface area contributed by atoms with Crippen molar-refractivity contribution in [1.29, 1.82) is 0 Å². The summed E-state index contributed by atoms with van der Waals surface area (Å²) in [5.74, 6) is -1.50. The van der Waals surface area contributed by atoms with Crippen LogP contribution in [-0.4, -0.2) is 88.5 Å². The van der Waals surface area contributed by atoms with Gasteiger partial charge in [0, 0.05) is 54.8 Å². The smallest absolute Gasteiger partial charge is 0.336 e. The number of rotatable bonds is 10. The third-order valence-corrected chi connectivity index (χ3v) is 7.60. The Morgan fingerprint density at radius 2 is 1.67 bits per heavy atom. The number of carboxylic acid groups (broad SMARTS) is 1. The van der Waals surface area contributed by atoms with E-state index < -0.39 is 5.97 Å². The molecular weight excluding hydrogens is 534 g/mol. The van der Waals surface area contributed by atoms with Crippen LogP contribution in [0.2, 0.25) is 0 Å². The molecular formula is C32H35N5O5. The van der Waals surface area contributed by atoms with Crippen LogP contribution in [0.1, 0.15) is 44.3 Å². The number of benzene rings is 3. The monoisotopic (exact) mass is 569 g/mol. The van der Waals surface area contributed by atoms with E-state index in [0.717, 1.165) is 44.8 Å². The number of aromatic nitrogens is 1. The first kappa shape index (κ1) is 29.0. The standard InChI is InChI=1S/C32H35N5O5/c1-3-36-13-15-37(16-14-36)17-18-42-35-30(38)23-9-11-24(12-10-23)33-29(22-7-5-4-6-8-22)28-26-19-21(2)25(32(40)41)20-27(26)34-31(28)39/h4-12,19-20,34,39H,3,13-18H2,1-2H3,(H,35,38)(H,40,41). The van der Waals surface area contributed by atoms with Gasteiger partial charge in [-0.3, -0.25) is 14.5 Å². The molecule has 218 valence electrons. The van der Waals surface area contributed by atoms with Crippen molar-refractivity contribution >= 4 is 34.2 Å². The van der Waals surface area contributed by atoms with E-state index in [9.17, 15) is 19.8 Å². The first-order valence-electron chi connectivity index (χ1n) is 14.0. The maximum atomic E-state index is 12.6. The summed E-state index contributed by atoms with van der Waals surface area (Å²) in [6, 6.07) is 19.5. The van der Waals surface area contributed by atoms with Gasteiger partial charge in [0.25, 0.3) is 5.91 Å². The molecule has 1 saturated heterocycles. The maximum absolute atomic E-state index is 12.6. The normalized spacial score (nSPS) is 14.8. The van der Waals surface area contributed by atoms with Crippen LogP contribution in [0.15, 0.2) is 71.7 Å². The Kier molecular flexibility index (Phi) is 8.97. The molecule has 0 spiro atoms. The van der Waals surface area contributed by atoms with Gasteiger partial charge in [-0.15, -0.1) is 0 Å². The molecule has 1 aliphatic rings. The second-order valence-electron chi connectivity index (χ2n) is 10.3. The van der Waals surface area contributed by atoms with E-state index in [4.69, 9.17) is 9.83 Å². The number of aromatic hydroxyl groups is 1. The number of carboxylic acids is 1. The lowest BCUT2D eigenvalue weighted by Gasteiger charge is -2.33. The number of carbonyl (C=O) groups is 2. The number of hydroxylamine groups is 1. The molecule has 3 aromatic carbocycles. The fourth-order valence-electron chi connectivity index (χ4n) is 5.16. The number of nitrogens with zero attached hydrogens (tertiary/aromatic N) is 3. The van der Waals surface area contributed by atoms with E-state index >= 15 is 0 Å². The molecule has 1 fully saturated rings. The number of fused-ring (bicyclic) bond motifs is 1. The third-order valence-electron chi connectivity index (χ3n) is 7.60. The number of piperazine rings is 1. The number of H-pyrrole nitrogens is 1. The molecule has 42 heavy (non-hydrogen) atoms. The molecule has 1 aromatic heterocycles. The van der Waals surface area contributed by atoms with Crippen LogP contribution < -0.4 is 5.48 Å². The van der Waals surface area contributed by atoms with Crippen molar-refractivity contribution in [1.82, 2.24) is 20.3 Å². The lowest BCUT2D eigenvalue weighted by molar-refractivity contribution is 0.0168. The lowest BCUT2D eigenvalue weighted by Crippen LogP contribution is -2.47. The molecule has 10 nitrogen and oxygen atoms in total. The van der Waals surface area contributed by atoms with Gasteiger partial charge in [-0.2, -0.15) is 0 Å². The molecule has 1 amide bonds. The van der Waals surface area contributed by atoms with Crippen LogP contribution in [0, 0.1) is 6.92 Å². The van der Waals surface area contributed by atoms with Crippen molar-refractivity contribution in [3.05, 3.63) is 94.5 Å². The number of hydrogen-bond acceptors (Lipinski definition) is 7. The zero-order chi connectivity index (χ0) is 29.6. The highest BCUT2D eigenvalue weighted by atomic mass is 16.7. The van der Waals surface area contributed by atoms with Gasteiger partial charge in [-0.05, 0) is 55.4 Å². The van der Waals surface area contributed by atoms with Crippen LogP contribution in [-0.2, 0) is 4.84 Å². The zero-order valence-electron chi connectivity index (χ0n) is 23.8. The maximum Gasteiger partial charge on any atom is 0.336 e. The van der Waals surface area contributed by atoms with Crippen molar-refractivity contribution in [3.8, 4) is 5.88 Å². The summed E-state index contributed by atoms with van der Waals surface area (Å²) in [7, 11) is 0. The van der Waals surface area contributed by atoms with Crippen LogP contribution in [0.25, 0.3) is 10.9 Å². The molecule has 0 unspecified atom stereocenters. The van der Waals surface area contributed by atoms with Crippen LogP contribution in [0.3, 0.4) is 0 Å². The highest BCUT2D eigenvalue weighted by molar-refractivity contribution is 6.22. The van der Waals surface area contributed by atoms with Gasteiger partial charge >= 0.3 is 5.97 Å². The molecule has 1 aliphatic heterocycles. The van der Waals surface area contributed by atoms with Gasteiger partial charge in [-0.25, -0.2) is 15.3 Å². The molecule has 0 saturated carbocycles. The number of hydrogen-bond donors (Lipinski definition) is 4. The molecule has 0 radical (unpaired) electrons. The summed E-state index contributed by atoms with van der Waals surface area (Å²) in [5.41, 5.74) is 6.46. The molecule has 5 rings (SSSR count). The fraction of sp³-hybridized carbons (Fsp3) is 0.281. The van der Waals surface area contributed by atoms with Gasteiger partial charge < -0.3 is 20.1 Å². The summed E-state index contributed by atoms with van der Waals surface area (Å²) >= 11 is 0. The largest absolute Gasteiger partial charge is 0.494 e. The van der Waals surface area contributed by atoms with Crippen LogP contribution in [0.5, 0.6) is 5.88 Å². The second kappa shape index (κ2) is 13.0. The molecule has 2 heterocycles. The molecule has 0 atom stereocenters. The zero-order valence-corrected chi connectivity index (χ0v) is 23.8. The first-order valence-corrected chi connectivity index (χ1v) is 14.0. The van der Waals surface area contributed by atoms with E-state index in [1.54, 1.807) is 37.3 Å². The SMILES string of the molecule is CCN1CCN(CCONC(=O)c2ccc(N=C(c3ccccc3)c3c(O)[nH]c4cc(C(=O)O)c(C)cc34)cc2)CC1. The third kappa shape index (κ3) is 6.52. The number of aryl methyl sites for hydroxylation is 1. The minimum atomic E-state index is -1.04. The van der Waals surface area contributed by atoms with Gasteiger partial charge in [0.15, 0.2) is 5.88 Å².